The molecule has 6 nitrogen and oxygen atoms in total. The van der Waals surface area contributed by atoms with Crippen molar-refractivity contribution in [2.75, 3.05) is 0 Å². The predicted octanol–water partition coefficient (Wildman–Crippen LogP) is 1.02. The van der Waals surface area contributed by atoms with Crippen LogP contribution in [0.1, 0.15) is 12.0 Å². The van der Waals surface area contributed by atoms with Crippen LogP contribution >= 0.6 is 0 Å². The summed E-state index contributed by atoms with van der Waals surface area (Å²) in [6.07, 6.45) is 5.69. The molecule has 1 heterocycles. The Morgan fingerprint density at radius 1 is 1.13 bits per heavy atom. The molecule has 0 aromatic heterocycles. The van der Waals surface area contributed by atoms with Gasteiger partial charge in [0.2, 0.25) is 10.0 Å². The zero-order chi connectivity index (χ0) is 16.7. The van der Waals surface area contributed by atoms with Gasteiger partial charge in [-0.1, -0.05) is 17.7 Å². The lowest BCUT2D eigenvalue weighted by atomic mass is 9.93. The van der Waals surface area contributed by atoms with Gasteiger partial charge in [-0.05, 0) is 43.4 Å². The first kappa shape index (κ1) is 15.6. The summed E-state index contributed by atoms with van der Waals surface area (Å²) in [4.78, 5) is 23.3. The fourth-order valence-corrected chi connectivity index (χ4v) is 3.71. The lowest BCUT2D eigenvalue weighted by molar-refractivity contribution is -0.144. The maximum atomic E-state index is 12.4. The van der Waals surface area contributed by atoms with Gasteiger partial charge in [0, 0.05) is 6.42 Å². The molecule has 1 aliphatic heterocycles. The van der Waals surface area contributed by atoms with E-state index in [1.54, 1.807) is 12.1 Å². The Hall–Kier alpha value is -2.25. The molecule has 1 aliphatic carbocycles. The molecule has 1 N–H and O–H groups in total. The Labute approximate surface area is 133 Å². The van der Waals surface area contributed by atoms with E-state index < -0.39 is 27.6 Å². The normalized spacial score (nSPS) is 22.6. The number of ether oxygens (including phenoxy) is 1. The van der Waals surface area contributed by atoms with E-state index >= 15 is 0 Å². The minimum Gasteiger partial charge on any atom is -0.449 e. The van der Waals surface area contributed by atoms with Crippen LogP contribution in [0.15, 0.2) is 53.5 Å². The molecule has 7 heteroatoms. The highest BCUT2D eigenvalue weighted by molar-refractivity contribution is 7.89. The smallest absolute Gasteiger partial charge is 0.325 e. The monoisotopic (exact) mass is 333 g/mol. The van der Waals surface area contributed by atoms with E-state index in [2.05, 4.69) is 4.72 Å². The van der Waals surface area contributed by atoms with Gasteiger partial charge < -0.3 is 4.74 Å². The minimum absolute atomic E-state index is 0.0850. The molecule has 1 fully saturated rings. The second-order valence-electron chi connectivity index (χ2n) is 5.64. The predicted molar refractivity (Wildman–Crippen MR) is 82.0 cm³/mol. The second-order valence-corrected chi connectivity index (χ2v) is 7.35. The molecule has 1 aromatic carbocycles. The number of allylic oxidation sites excluding steroid dienone is 2. The number of carbonyl (C=O) groups is 2. The van der Waals surface area contributed by atoms with Gasteiger partial charge in [0.1, 0.15) is 6.04 Å². The summed E-state index contributed by atoms with van der Waals surface area (Å²) in [6.45, 7) is 1.85. The van der Waals surface area contributed by atoms with Crippen molar-refractivity contribution < 1.29 is 22.7 Å². The van der Waals surface area contributed by atoms with E-state index in [0.29, 0.717) is 0 Å². The van der Waals surface area contributed by atoms with Gasteiger partial charge in [0.25, 0.3) is 0 Å². The van der Waals surface area contributed by atoms with Crippen LogP contribution in [-0.2, 0) is 24.3 Å². The molecule has 0 saturated carbocycles. The molecule has 3 rings (SSSR count). The maximum absolute atomic E-state index is 12.4. The van der Waals surface area contributed by atoms with Crippen LogP contribution in [-0.4, -0.2) is 31.8 Å². The average Bonchev–Trinajstić information content (AvgIpc) is 2.78. The zero-order valence-corrected chi connectivity index (χ0v) is 13.2. The molecule has 1 atom stereocenters. The number of esters is 1. The first-order chi connectivity index (χ1) is 10.8. The molecular formula is C16H15NO5S. The summed E-state index contributed by atoms with van der Waals surface area (Å²) in [7, 11) is -3.83. The number of sulfonamides is 1. The van der Waals surface area contributed by atoms with E-state index in [4.69, 9.17) is 4.74 Å². The number of ketones is 1. The van der Waals surface area contributed by atoms with Crippen LogP contribution in [0.5, 0.6) is 0 Å². The summed E-state index contributed by atoms with van der Waals surface area (Å²) in [6, 6.07) is 5.33. The summed E-state index contributed by atoms with van der Waals surface area (Å²) < 4.78 is 32.3. The Bertz CT molecular complexity index is 805. The maximum Gasteiger partial charge on any atom is 0.325 e. The van der Waals surface area contributed by atoms with Crippen molar-refractivity contribution in [3.8, 4) is 0 Å². The average molecular weight is 333 g/mol. The number of hydrogen-bond acceptors (Lipinski definition) is 5. The van der Waals surface area contributed by atoms with Gasteiger partial charge in [0.15, 0.2) is 11.4 Å². The Kier molecular flexibility index (Phi) is 3.69. The first-order valence-corrected chi connectivity index (χ1v) is 8.52. The molecule has 0 bridgehead atoms. The highest BCUT2D eigenvalue weighted by Gasteiger charge is 2.46. The van der Waals surface area contributed by atoms with E-state index in [9.17, 15) is 18.0 Å². The van der Waals surface area contributed by atoms with Crippen molar-refractivity contribution in [1.82, 2.24) is 4.72 Å². The standard InChI is InChI=1S/C16H15NO5S/c1-11-2-4-13(5-3-11)23(20,21)17-14-10-16(22-15(14)19)8-6-12(18)7-9-16/h2-9,14,17H,10H2,1H3/t14-/m0/s1. The molecule has 0 amide bonds. The zero-order valence-electron chi connectivity index (χ0n) is 12.4. The van der Waals surface area contributed by atoms with Crippen molar-refractivity contribution >= 4 is 21.8 Å². The first-order valence-electron chi connectivity index (χ1n) is 7.04. The van der Waals surface area contributed by atoms with E-state index in [-0.39, 0.29) is 17.1 Å². The number of benzene rings is 1. The van der Waals surface area contributed by atoms with Gasteiger partial charge in [-0.3, -0.25) is 9.59 Å². The number of carbonyl (C=O) groups excluding carboxylic acids is 2. The van der Waals surface area contributed by atoms with Crippen molar-refractivity contribution in [2.45, 2.75) is 29.9 Å². The third kappa shape index (κ3) is 3.11. The topological polar surface area (TPSA) is 89.5 Å². The molecule has 1 spiro atoms. The lowest BCUT2D eigenvalue weighted by Crippen LogP contribution is -2.38. The second kappa shape index (κ2) is 5.43. The Balaban J connectivity index is 1.79. The van der Waals surface area contributed by atoms with Gasteiger partial charge in [-0.2, -0.15) is 4.72 Å². The molecule has 23 heavy (non-hydrogen) atoms. The number of nitrogens with one attached hydrogen (secondary N) is 1. The van der Waals surface area contributed by atoms with Crippen molar-refractivity contribution in [2.24, 2.45) is 0 Å². The van der Waals surface area contributed by atoms with Crippen LogP contribution in [0, 0.1) is 6.92 Å². The fourth-order valence-electron chi connectivity index (χ4n) is 2.53. The van der Waals surface area contributed by atoms with Crippen LogP contribution in [0.25, 0.3) is 0 Å². The molecule has 2 aliphatic rings. The number of hydrogen-bond donors (Lipinski definition) is 1. The van der Waals surface area contributed by atoms with Gasteiger partial charge in [-0.25, -0.2) is 8.42 Å². The quantitative estimate of drug-likeness (QED) is 0.834. The lowest BCUT2D eigenvalue weighted by Gasteiger charge is -2.21. The molecule has 120 valence electrons. The van der Waals surface area contributed by atoms with Gasteiger partial charge >= 0.3 is 5.97 Å². The van der Waals surface area contributed by atoms with Gasteiger partial charge in [0.05, 0.1) is 4.90 Å². The van der Waals surface area contributed by atoms with Crippen molar-refractivity contribution in [1.29, 1.82) is 0 Å². The molecule has 0 radical (unpaired) electrons. The van der Waals surface area contributed by atoms with Gasteiger partial charge in [-0.15, -0.1) is 0 Å². The Morgan fingerprint density at radius 2 is 1.74 bits per heavy atom. The third-order valence-electron chi connectivity index (χ3n) is 3.79. The van der Waals surface area contributed by atoms with E-state index in [1.165, 1.54) is 36.4 Å². The third-order valence-corrected chi connectivity index (χ3v) is 5.27. The summed E-state index contributed by atoms with van der Waals surface area (Å²) in [5, 5.41) is 0. The van der Waals surface area contributed by atoms with E-state index in [1.807, 2.05) is 6.92 Å². The highest BCUT2D eigenvalue weighted by Crippen LogP contribution is 2.32. The number of rotatable bonds is 3. The summed E-state index contributed by atoms with van der Waals surface area (Å²) >= 11 is 0. The molecule has 1 aromatic rings. The number of aryl methyl sites for hydroxylation is 1. The fraction of sp³-hybridized carbons (Fsp3) is 0.250. The van der Waals surface area contributed by atoms with Crippen LogP contribution in [0.4, 0.5) is 0 Å². The van der Waals surface area contributed by atoms with Crippen molar-refractivity contribution in [3.05, 3.63) is 54.1 Å². The largest absolute Gasteiger partial charge is 0.449 e. The van der Waals surface area contributed by atoms with E-state index in [0.717, 1.165) is 5.56 Å². The highest BCUT2D eigenvalue weighted by atomic mass is 32.2. The SMILES string of the molecule is Cc1ccc(S(=O)(=O)N[C@H]2CC3(C=CC(=O)C=C3)OC2=O)cc1. The molecule has 0 unspecified atom stereocenters. The van der Waals surface area contributed by atoms with Crippen molar-refractivity contribution in [3.63, 3.8) is 0 Å². The summed E-state index contributed by atoms with van der Waals surface area (Å²) in [5.74, 6) is -0.861. The van der Waals surface area contributed by atoms with Crippen LogP contribution < -0.4 is 4.72 Å². The van der Waals surface area contributed by atoms with Crippen LogP contribution in [0.2, 0.25) is 0 Å². The minimum atomic E-state index is -3.83. The summed E-state index contributed by atoms with van der Waals surface area (Å²) in [5.41, 5.74) is -0.115. The molecule has 1 saturated heterocycles. The molecular weight excluding hydrogens is 318 g/mol. The Morgan fingerprint density at radius 3 is 2.35 bits per heavy atom. The van der Waals surface area contributed by atoms with Crippen LogP contribution in [0.3, 0.4) is 0 Å².